The van der Waals surface area contributed by atoms with E-state index in [0.717, 1.165) is 64.7 Å². The van der Waals surface area contributed by atoms with Crippen LogP contribution >= 0.6 is 0 Å². The van der Waals surface area contributed by atoms with Gasteiger partial charge in [0, 0.05) is 66.3 Å². The van der Waals surface area contributed by atoms with Gasteiger partial charge in [-0.15, -0.1) is 0 Å². The number of rotatable bonds is 9. The molecule has 146 valence electrons. The maximum atomic E-state index is 5.79. The number of nitrogens with zero attached hydrogens (tertiary/aromatic N) is 2. The average Bonchev–Trinajstić information content (AvgIpc) is 2.68. The van der Waals surface area contributed by atoms with Crippen LogP contribution in [0.4, 0.5) is 5.69 Å². The zero-order valence-electron chi connectivity index (χ0n) is 16.5. The predicted octanol–water partition coefficient (Wildman–Crippen LogP) is 2.25. The van der Waals surface area contributed by atoms with Crippen molar-refractivity contribution in [3.63, 3.8) is 0 Å². The van der Waals surface area contributed by atoms with E-state index in [2.05, 4.69) is 58.9 Å². The zero-order valence-corrected chi connectivity index (χ0v) is 16.5. The molecule has 0 aliphatic carbocycles. The van der Waals surface area contributed by atoms with Gasteiger partial charge in [0.2, 0.25) is 0 Å². The van der Waals surface area contributed by atoms with E-state index in [4.69, 9.17) is 9.47 Å². The normalized spacial score (nSPS) is 15.7. The third-order valence-electron chi connectivity index (χ3n) is 4.56. The molecule has 26 heavy (non-hydrogen) atoms. The summed E-state index contributed by atoms with van der Waals surface area (Å²) >= 11 is 0. The quantitative estimate of drug-likeness (QED) is 0.401. The lowest BCUT2D eigenvalue weighted by Crippen LogP contribution is -2.37. The number of hydrogen-bond donors (Lipinski definition) is 2. The molecule has 0 radical (unpaired) electrons. The van der Waals surface area contributed by atoms with Crippen molar-refractivity contribution in [2.45, 2.75) is 25.8 Å². The molecular formula is C20H34N4O2. The summed E-state index contributed by atoms with van der Waals surface area (Å²) in [4.78, 5) is 6.39. The molecule has 1 heterocycles. The molecule has 0 amide bonds. The molecule has 2 rings (SSSR count). The molecule has 0 aromatic heterocycles. The van der Waals surface area contributed by atoms with E-state index in [1.807, 2.05) is 0 Å². The Kier molecular flexibility index (Phi) is 9.28. The van der Waals surface area contributed by atoms with Crippen LogP contribution < -0.4 is 15.5 Å². The van der Waals surface area contributed by atoms with Crippen molar-refractivity contribution in [2.75, 3.05) is 59.0 Å². The van der Waals surface area contributed by atoms with Gasteiger partial charge < -0.3 is 25.0 Å². The lowest BCUT2D eigenvalue weighted by Gasteiger charge is -2.21. The lowest BCUT2D eigenvalue weighted by molar-refractivity contribution is 0.0203. The van der Waals surface area contributed by atoms with Crippen molar-refractivity contribution >= 4 is 11.6 Å². The first-order chi connectivity index (χ1) is 12.7. The van der Waals surface area contributed by atoms with Crippen molar-refractivity contribution < 1.29 is 9.47 Å². The third-order valence-corrected chi connectivity index (χ3v) is 4.56. The molecule has 1 aromatic carbocycles. The van der Waals surface area contributed by atoms with Crippen molar-refractivity contribution in [3.05, 3.63) is 29.8 Å². The van der Waals surface area contributed by atoms with Gasteiger partial charge in [-0.05, 0) is 42.9 Å². The summed E-state index contributed by atoms with van der Waals surface area (Å²) < 4.78 is 11.2. The van der Waals surface area contributed by atoms with Gasteiger partial charge >= 0.3 is 0 Å². The fraction of sp³-hybridized carbons (Fsp3) is 0.650. The molecule has 0 saturated carbocycles. The maximum Gasteiger partial charge on any atom is 0.191 e. The zero-order chi connectivity index (χ0) is 18.6. The Morgan fingerprint density at radius 1 is 1.27 bits per heavy atom. The van der Waals surface area contributed by atoms with E-state index >= 15 is 0 Å². The molecule has 1 aliphatic heterocycles. The Hall–Kier alpha value is -1.79. The Labute approximate surface area is 158 Å². The number of hydrogen-bond acceptors (Lipinski definition) is 4. The van der Waals surface area contributed by atoms with Gasteiger partial charge in [0.05, 0.1) is 0 Å². The van der Waals surface area contributed by atoms with Crippen LogP contribution in [0.2, 0.25) is 0 Å². The predicted molar refractivity (Wildman–Crippen MR) is 108 cm³/mol. The fourth-order valence-electron chi connectivity index (χ4n) is 2.90. The van der Waals surface area contributed by atoms with Gasteiger partial charge in [-0.1, -0.05) is 12.1 Å². The summed E-state index contributed by atoms with van der Waals surface area (Å²) in [5.41, 5.74) is 2.44. The van der Waals surface area contributed by atoms with E-state index < -0.39 is 0 Å². The van der Waals surface area contributed by atoms with Gasteiger partial charge in [0.15, 0.2) is 5.96 Å². The van der Waals surface area contributed by atoms with Gasteiger partial charge in [0.25, 0.3) is 0 Å². The summed E-state index contributed by atoms with van der Waals surface area (Å²) in [5, 5.41) is 6.70. The minimum atomic E-state index is 0.670. The number of nitrogens with one attached hydrogen (secondary N) is 2. The highest BCUT2D eigenvalue weighted by Gasteiger charge is 2.13. The van der Waals surface area contributed by atoms with E-state index in [9.17, 15) is 0 Å². The summed E-state index contributed by atoms with van der Waals surface area (Å²) in [6.07, 6.45) is 3.23. The number of guanidine groups is 1. The second-order valence-electron chi connectivity index (χ2n) is 6.90. The van der Waals surface area contributed by atoms with Crippen molar-refractivity contribution in [2.24, 2.45) is 10.9 Å². The molecule has 6 nitrogen and oxygen atoms in total. The third kappa shape index (κ3) is 7.62. The van der Waals surface area contributed by atoms with Crippen LogP contribution in [0.25, 0.3) is 0 Å². The Bertz CT molecular complexity index is 542. The van der Waals surface area contributed by atoms with Gasteiger partial charge in [-0.3, -0.25) is 4.99 Å². The molecule has 1 aliphatic rings. The van der Waals surface area contributed by atoms with E-state index in [0.29, 0.717) is 5.92 Å². The number of aliphatic imine (C=N–C) groups is 1. The van der Waals surface area contributed by atoms with E-state index in [1.54, 1.807) is 7.05 Å². The van der Waals surface area contributed by atoms with Crippen LogP contribution in [-0.4, -0.2) is 60.1 Å². The van der Waals surface area contributed by atoms with Crippen LogP contribution in [0.1, 0.15) is 24.8 Å². The van der Waals surface area contributed by atoms with Gasteiger partial charge in [-0.25, -0.2) is 0 Å². The molecule has 1 fully saturated rings. The second-order valence-corrected chi connectivity index (χ2v) is 6.90. The van der Waals surface area contributed by atoms with Crippen LogP contribution in [0.5, 0.6) is 0 Å². The minimum Gasteiger partial charge on any atom is -0.381 e. The summed E-state index contributed by atoms with van der Waals surface area (Å²) in [5.74, 6) is 1.49. The molecule has 0 unspecified atom stereocenters. The first-order valence-electron chi connectivity index (χ1n) is 9.55. The van der Waals surface area contributed by atoms with Gasteiger partial charge in [-0.2, -0.15) is 0 Å². The summed E-state index contributed by atoms with van der Waals surface area (Å²) in [6, 6.07) is 8.50. The first-order valence-corrected chi connectivity index (χ1v) is 9.55. The standard InChI is InChI=1S/C20H34N4O2/c1-21-20(23-15-18-6-4-7-19(14-18)24(2)3)22-10-5-11-26-16-17-8-12-25-13-9-17/h4,6-7,14,17H,5,8-13,15-16H2,1-3H3,(H2,21,22,23). The molecule has 0 spiro atoms. The molecule has 6 heteroatoms. The molecule has 0 bridgehead atoms. The summed E-state index contributed by atoms with van der Waals surface area (Å²) in [6.45, 7) is 5.02. The van der Waals surface area contributed by atoms with Crippen molar-refractivity contribution in [3.8, 4) is 0 Å². The lowest BCUT2D eigenvalue weighted by atomic mass is 10.0. The summed E-state index contributed by atoms with van der Waals surface area (Å²) in [7, 11) is 5.90. The fourth-order valence-corrected chi connectivity index (χ4v) is 2.90. The second kappa shape index (κ2) is 11.8. The highest BCUT2D eigenvalue weighted by molar-refractivity contribution is 5.79. The Balaban J connectivity index is 1.58. The van der Waals surface area contributed by atoms with Crippen LogP contribution in [0.3, 0.4) is 0 Å². The highest BCUT2D eigenvalue weighted by Crippen LogP contribution is 2.14. The van der Waals surface area contributed by atoms with Crippen LogP contribution in [-0.2, 0) is 16.0 Å². The van der Waals surface area contributed by atoms with E-state index in [-0.39, 0.29) is 0 Å². The topological polar surface area (TPSA) is 58.1 Å². The number of benzene rings is 1. The van der Waals surface area contributed by atoms with Gasteiger partial charge in [0.1, 0.15) is 0 Å². The smallest absolute Gasteiger partial charge is 0.191 e. The highest BCUT2D eigenvalue weighted by atomic mass is 16.5. The van der Waals surface area contributed by atoms with E-state index in [1.165, 1.54) is 11.3 Å². The molecule has 2 N–H and O–H groups in total. The Morgan fingerprint density at radius 2 is 2.08 bits per heavy atom. The molecule has 1 aromatic rings. The SMILES string of the molecule is CN=C(NCCCOCC1CCOCC1)NCc1cccc(N(C)C)c1. The van der Waals surface area contributed by atoms with Crippen molar-refractivity contribution in [1.82, 2.24) is 10.6 Å². The molecule has 0 atom stereocenters. The van der Waals surface area contributed by atoms with Crippen molar-refractivity contribution in [1.29, 1.82) is 0 Å². The number of anilines is 1. The molecule has 1 saturated heterocycles. The average molecular weight is 363 g/mol. The van der Waals surface area contributed by atoms with Crippen LogP contribution in [0, 0.1) is 5.92 Å². The number of ether oxygens (including phenoxy) is 2. The molecular weight excluding hydrogens is 328 g/mol. The monoisotopic (exact) mass is 362 g/mol. The largest absolute Gasteiger partial charge is 0.381 e. The Morgan fingerprint density at radius 3 is 2.81 bits per heavy atom. The minimum absolute atomic E-state index is 0.670. The van der Waals surface area contributed by atoms with Crippen LogP contribution in [0.15, 0.2) is 29.3 Å². The first kappa shape index (κ1) is 20.5. The maximum absolute atomic E-state index is 5.79.